The number of hydrogen-bond donors (Lipinski definition) is 0. The van der Waals surface area contributed by atoms with Crippen LogP contribution in [-0.4, -0.2) is 15.2 Å². The first-order valence-corrected chi connectivity index (χ1v) is 8.77. The average molecular weight is 367 g/mol. The highest BCUT2D eigenvalue weighted by Gasteiger charge is 2.30. The van der Waals surface area contributed by atoms with Crippen LogP contribution in [0.3, 0.4) is 0 Å². The monoisotopic (exact) mass is 367 g/mol. The summed E-state index contributed by atoms with van der Waals surface area (Å²) < 4.78 is 38.4. The molecule has 2 heterocycles. The Morgan fingerprint density at radius 3 is 2.42 bits per heavy atom. The first-order chi connectivity index (χ1) is 11.4. The number of halogens is 3. The van der Waals surface area contributed by atoms with Crippen molar-refractivity contribution in [3.63, 3.8) is 0 Å². The molecule has 0 unspecified atom stereocenters. The van der Waals surface area contributed by atoms with E-state index in [0.29, 0.717) is 10.7 Å². The van der Waals surface area contributed by atoms with E-state index in [4.69, 9.17) is 0 Å². The molecule has 0 N–H and O–H groups in total. The summed E-state index contributed by atoms with van der Waals surface area (Å²) in [5, 5.41) is 8.58. The topological polar surface area (TPSA) is 38.7 Å². The fourth-order valence-corrected chi connectivity index (χ4v) is 3.67. The summed E-state index contributed by atoms with van der Waals surface area (Å²) in [4.78, 5) is 3.84. The van der Waals surface area contributed by atoms with Crippen LogP contribution in [0.1, 0.15) is 16.7 Å². The van der Waals surface area contributed by atoms with Gasteiger partial charge in [0.05, 0.1) is 5.56 Å². The van der Waals surface area contributed by atoms with Gasteiger partial charge >= 0.3 is 6.18 Å². The molecule has 24 heavy (non-hydrogen) atoms. The Morgan fingerprint density at radius 1 is 1.04 bits per heavy atom. The van der Waals surface area contributed by atoms with E-state index in [-0.39, 0.29) is 0 Å². The van der Waals surface area contributed by atoms with Crippen molar-refractivity contribution in [1.82, 2.24) is 15.2 Å². The molecule has 2 aromatic heterocycles. The average Bonchev–Trinajstić information content (AvgIpc) is 3.03. The van der Waals surface area contributed by atoms with Gasteiger partial charge in [-0.05, 0) is 24.6 Å². The minimum Gasteiger partial charge on any atom is -0.253 e. The molecule has 3 aromatic rings. The molecule has 0 aliphatic rings. The van der Waals surface area contributed by atoms with Crippen LogP contribution in [0.25, 0.3) is 10.7 Å². The molecule has 0 atom stereocenters. The van der Waals surface area contributed by atoms with Gasteiger partial charge in [0, 0.05) is 11.9 Å². The van der Waals surface area contributed by atoms with Gasteiger partial charge in [0.15, 0.2) is 9.35 Å². The number of pyridine rings is 1. The van der Waals surface area contributed by atoms with Gasteiger partial charge in [-0.25, -0.2) is 0 Å². The highest BCUT2D eigenvalue weighted by molar-refractivity contribution is 8.00. The van der Waals surface area contributed by atoms with E-state index in [1.54, 1.807) is 0 Å². The second-order valence-electron chi connectivity index (χ2n) is 5.08. The molecule has 0 amide bonds. The van der Waals surface area contributed by atoms with Gasteiger partial charge in [0.25, 0.3) is 0 Å². The third kappa shape index (κ3) is 4.12. The quantitative estimate of drug-likeness (QED) is 0.593. The van der Waals surface area contributed by atoms with Crippen molar-refractivity contribution < 1.29 is 13.2 Å². The van der Waals surface area contributed by atoms with Crippen molar-refractivity contribution in [3.05, 3.63) is 59.3 Å². The Bertz CT molecular complexity index is 812. The summed E-state index contributed by atoms with van der Waals surface area (Å²) in [6.07, 6.45) is -3.57. The maximum Gasteiger partial charge on any atom is 0.417 e. The molecule has 1 aromatic carbocycles. The molecule has 3 nitrogen and oxygen atoms in total. The van der Waals surface area contributed by atoms with Crippen molar-refractivity contribution in [3.8, 4) is 10.7 Å². The number of thioether (sulfide) groups is 1. The number of nitrogens with zero attached hydrogens (tertiary/aromatic N) is 3. The summed E-state index contributed by atoms with van der Waals surface area (Å²) in [7, 11) is 0. The largest absolute Gasteiger partial charge is 0.417 e. The van der Waals surface area contributed by atoms with Crippen molar-refractivity contribution in [2.45, 2.75) is 23.2 Å². The number of aryl methyl sites for hydroxylation is 1. The van der Waals surface area contributed by atoms with Gasteiger partial charge in [-0.2, -0.15) is 13.2 Å². The first kappa shape index (κ1) is 16.9. The number of alkyl halides is 3. The standard InChI is InChI=1S/C16H12F3N3S2/c1-10-2-4-11(5-3-10)9-23-15-22-21-14(24-15)13-7-6-12(8-20-13)16(17,18)19/h2-8H,9H2,1H3. The summed E-state index contributed by atoms with van der Waals surface area (Å²) in [6.45, 7) is 2.03. The van der Waals surface area contributed by atoms with Gasteiger partial charge < -0.3 is 0 Å². The van der Waals surface area contributed by atoms with Gasteiger partial charge in [-0.3, -0.25) is 4.98 Å². The zero-order valence-corrected chi connectivity index (χ0v) is 14.2. The zero-order valence-electron chi connectivity index (χ0n) is 12.5. The lowest BCUT2D eigenvalue weighted by atomic mass is 10.2. The molecule has 0 aliphatic carbocycles. The Labute approximate surface area is 145 Å². The van der Waals surface area contributed by atoms with Gasteiger partial charge in [-0.1, -0.05) is 52.9 Å². The van der Waals surface area contributed by atoms with Crippen LogP contribution in [-0.2, 0) is 11.9 Å². The second kappa shape index (κ2) is 6.90. The zero-order chi connectivity index (χ0) is 17.2. The maximum absolute atomic E-state index is 12.5. The van der Waals surface area contributed by atoms with E-state index < -0.39 is 11.7 Å². The second-order valence-corrected chi connectivity index (χ2v) is 7.28. The molecule has 0 fully saturated rings. The molecule has 0 aliphatic heterocycles. The van der Waals surface area contributed by atoms with Crippen LogP contribution in [0.2, 0.25) is 0 Å². The van der Waals surface area contributed by atoms with Crippen molar-refractivity contribution in [1.29, 1.82) is 0 Å². The van der Waals surface area contributed by atoms with E-state index in [2.05, 4.69) is 27.3 Å². The third-order valence-electron chi connectivity index (χ3n) is 3.20. The summed E-state index contributed by atoms with van der Waals surface area (Å²) in [5.41, 5.74) is 2.00. The lowest BCUT2D eigenvalue weighted by Gasteiger charge is -2.05. The molecule has 0 radical (unpaired) electrons. The van der Waals surface area contributed by atoms with Gasteiger partial charge in [0.2, 0.25) is 0 Å². The molecular formula is C16H12F3N3S2. The SMILES string of the molecule is Cc1ccc(CSc2nnc(-c3ccc(C(F)(F)F)cn3)s2)cc1. The van der Waals surface area contributed by atoms with Crippen LogP contribution in [0.5, 0.6) is 0 Å². The molecule has 0 saturated heterocycles. The van der Waals surface area contributed by atoms with Crippen LogP contribution in [0.15, 0.2) is 46.9 Å². The summed E-state index contributed by atoms with van der Waals surface area (Å²) in [6, 6.07) is 10.5. The highest BCUT2D eigenvalue weighted by atomic mass is 32.2. The predicted octanol–water partition coefficient (Wildman–Crippen LogP) is 5.22. The smallest absolute Gasteiger partial charge is 0.253 e. The number of aromatic nitrogens is 3. The van der Waals surface area contributed by atoms with E-state index >= 15 is 0 Å². The minimum absolute atomic E-state index is 0.391. The van der Waals surface area contributed by atoms with Crippen LogP contribution < -0.4 is 0 Å². The Balaban J connectivity index is 1.68. The Hall–Kier alpha value is -1.93. The minimum atomic E-state index is -4.39. The lowest BCUT2D eigenvalue weighted by Crippen LogP contribution is -2.05. The van der Waals surface area contributed by atoms with Crippen LogP contribution in [0, 0.1) is 6.92 Å². The third-order valence-corrected chi connectivity index (χ3v) is 5.35. The fraction of sp³-hybridized carbons (Fsp3) is 0.188. The highest BCUT2D eigenvalue weighted by Crippen LogP contribution is 2.32. The van der Waals surface area contributed by atoms with Crippen molar-refractivity contribution in [2.24, 2.45) is 0 Å². The Morgan fingerprint density at radius 2 is 1.79 bits per heavy atom. The summed E-state index contributed by atoms with van der Waals surface area (Å²) >= 11 is 2.86. The van der Waals surface area contributed by atoms with E-state index in [0.717, 1.165) is 22.4 Å². The normalized spacial score (nSPS) is 11.7. The summed E-state index contributed by atoms with van der Waals surface area (Å²) in [5.74, 6) is 0.759. The van der Waals surface area contributed by atoms with E-state index in [9.17, 15) is 13.2 Å². The molecule has 0 bridgehead atoms. The van der Waals surface area contributed by atoms with Crippen molar-refractivity contribution >= 4 is 23.1 Å². The molecule has 8 heteroatoms. The molecule has 124 valence electrons. The van der Waals surface area contributed by atoms with Gasteiger partial charge in [0.1, 0.15) is 5.69 Å². The van der Waals surface area contributed by atoms with Crippen LogP contribution >= 0.6 is 23.1 Å². The molecule has 0 saturated carbocycles. The molecule has 3 rings (SSSR count). The van der Waals surface area contributed by atoms with E-state index in [1.807, 2.05) is 19.1 Å². The number of hydrogen-bond acceptors (Lipinski definition) is 5. The molecular weight excluding hydrogens is 355 g/mol. The van der Waals surface area contributed by atoms with Gasteiger partial charge in [-0.15, -0.1) is 10.2 Å². The first-order valence-electron chi connectivity index (χ1n) is 6.97. The predicted molar refractivity (Wildman–Crippen MR) is 88.9 cm³/mol. The molecule has 0 spiro atoms. The number of benzene rings is 1. The van der Waals surface area contributed by atoms with Crippen molar-refractivity contribution in [2.75, 3.05) is 0 Å². The number of rotatable bonds is 4. The fourth-order valence-electron chi connectivity index (χ4n) is 1.89. The van der Waals surface area contributed by atoms with E-state index in [1.165, 1.54) is 40.3 Å². The lowest BCUT2D eigenvalue weighted by molar-refractivity contribution is -0.137. The maximum atomic E-state index is 12.5. The Kier molecular flexibility index (Phi) is 4.86. The van der Waals surface area contributed by atoms with Crippen LogP contribution in [0.4, 0.5) is 13.2 Å².